The Balaban J connectivity index is 1.70. The maximum atomic E-state index is 14.0. The van der Waals surface area contributed by atoms with Crippen LogP contribution in [-0.2, 0) is 26.2 Å². The van der Waals surface area contributed by atoms with Gasteiger partial charge in [0.05, 0.1) is 20.6 Å². The summed E-state index contributed by atoms with van der Waals surface area (Å²) in [5.74, 6) is -0.850. The van der Waals surface area contributed by atoms with Crippen molar-refractivity contribution < 1.29 is 18.0 Å². The van der Waals surface area contributed by atoms with Gasteiger partial charge in [0.15, 0.2) is 0 Å². The number of rotatable bonds is 10. The summed E-state index contributed by atoms with van der Waals surface area (Å²) in [6.45, 7) is 3.01. The lowest BCUT2D eigenvalue weighted by atomic mass is 10.1. The van der Waals surface area contributed by atoms with Gasteiger partial charge >= 0.3 is 0 Å². The van der Waals surface area contributed by atoms with Crippen molar-refractivity contribution >= 4 is 62.3 Å². The molecule has 218 valence electrons. The van der Waals surface area contributed by atoms with Crippen LogP contribution in [0.25, 0.3) is 0 Å². The molecule has 0 aliphatic heterocycles. The molecule has 1 aliphatic rings. The topological polar surface area (TPSA) is 86.8 Å². The van der Waals surface area contributed by atoms with Gasteiger partial charge in [-0.3, -0.25) is 13.9 Å². The van der Waals surface area contributed by atoms with E-state index in [4.69, 9.17) is 34.8 Å². The van der Waals surface area contributed by atoms with E-state index >= 15 is 0 Å². The number of hydrogen-bond acceptors (Lipinski definition) is 4. The minimum Gasteiger partial charge on any atom is -0.352 e. The molecular formula is C30H32Cl3N3O4S. The molecule has 0 aromatic heterocycles. The van der Waals surface area contributed by atoms with Gasteiger partial charge in [-0.05, 0) is 74.7 Å². The molecule has 3 aromatic carbocycles. The second-order valence-electron chi connectivity index (χ2n) is 10.2. The van der Waals surface area contributed by atoms with Crippen molar-refractivity contribution in [3.8, 4) is 0 Å². The number of sulfonamides is 1. The highest BCUT2D eigenvalue weighted by molar-refractivity contribution is 7.92. The monoisotopic (exact) mass is 635 g/mol. The summed E-state index contributed by atoms with van der Waals surface area (Å²) in [6.07, 6.45) is 3.87. The molecule has 0 spiro atoms. The van der Waals surface area contributed by atoms with Crippen LogP contribution in [0.1, 0.15) is 43.7 Å². The maximum Gasteiger partial charge on any atom is 0.264 e. The number of nitrogens with one attached hydrogen (secondary N) is 1. The van der Waals surface area contributed by atoms with E-state index in [1.54, 1.807) is 43.3 Å². The van der Waals surface area contributed by atoms with Crippen LogP contribution in [-0.4, -0.2) is 43.8 Å². The third-order valence-corrected chi connectivity index (χ3v) is 9.99. The van der Waals surface area contributed by atoms with Gasteiger partial charge in [0, 0.05) is 17.6 Å². The first kappa shape index (κ1) is 31.2. The largest absolute Gasteiger partial charge is 0.352 e. The Labute approximate surface area is 256 Å². The lowest BCUT2D eigenvalue weighted by Gasteiger charge is -2.32. The lowest BCUT2D eigenvalue weighted by molar-refractivity contribution is -0.139. The Bertz CT molecular complexity index is 1490. The fourth-order valence-electron chi connectivity index (χ4n) is 4.77. The molecule has 3 aromatic rings. The molecule has 2 amide bonds. The van der Waals surface area contributed by atoms with E-state index in [1.165, 1.54) is 35.2 Å². The molecule has 1 N–H and O–H groups in total. The summed E-state index contributed by atoms with van der Waals surface area (Å²) < 4.78 is 28.8. The molecule has 4 rings (SSSR count). The van der Waals surface area contributed by atoms with E-state index in [1.807, 2.05) is 6.92 Å². The van der Waals surface area contributed by atoms with Crippen molar-refractivity contribution in [1.29, 1.82) is 0 Å². The number of aryl methyl sites for hydroxylation is 1. The number of carbonyl (C=O) groups excluding carboxylic acids is 2. The van der Waals surface area contributed by atoms with Gasteiger partial charge in [-0.1, -0.05) is 77.5 Å². The van der Waals surface area contributed by atoms with Gasteiger partial charge in [0.2, 0.25) is 11.8 Å². The highest BCUT2D eigenvalue weighted by Crippen LogP contribution is 2.31. The van der Waals surface area contributed by atoms with E-state index in [9.17, 15) is 18.0 Å². The number of hydrogen-bond donors (Lipinski definition) is 1. The smallest absolute Gasteiger partial charge is 0.264 e. The Morgan fingerprint density at radius 2 is 1.56 bits per heavy atom. The molecule has 1 saturated carbocycles. The van der Waals surface area contributed by atoms with Crippen LogP contribution in [0.4, 0.5) is 5.69 Å². The van der Waals surface area contributed by atoms with E-state index in [-0.39, 0.29) is 39.1 Å². The molecule has 1 fully saturated rings. The van der Waals surface area contributed by atoms with Crippen LogP contribution < -0.4 is 9.62 Å². The molecule has 0 bridgehead atoms. The number of nitrogens with zero attached hydrogens (tertiary/aromatic N) is 2. The van der Waals surface area contributed by atoms with Crippen LogP contribution in [0.3, 0.4) is 0 Å². The normalized spacial score (nSPS) is 14.5. The van der Waals surface area contributed by atoms with E-state index in [2.05, 4.69) is 5.32 Å². The third-order valence-electron chi connectivity index (χ3n) is 7.21. The molecule has 1 aliphatic carbocycles. The maximum absolute atomic E-state index is 14.0. The van der Waals surface area contributed by atoms with Crippen molar-refractivity contribution in [2.45, 2.75) is 63.1 Å². The Kier molecular flexibility index (Phi) is 10.2. The Hall–Kier alpha value is -2.78. The van der Waals surface area contributed by atoms with Crippen molar-refractivity contribution in [2.75, 3.05) is 10.8 Å². The first-order valence-corrected chi connectivity index (χ1v) is 15.9. The predicted molar refractivity (Wildman–Crippen MR) is 164 cm³/mol. The first-order valence-electron chi connectivity index (χ1n) is 13.3. The number of anilines is 1. The van der Waals surface area contributed by atoms with Gasteiger partial charge < -0.3 is 10.2 Å². The van der Waals surface area contributed by atoms with E-state index < -0.39 is 28.5 Å². The molecule has 0 saturated heterocycles. The van der Waals surface area contributed by atoms with E-state index in [0.29, 0.717) is 5.02 Å². The van der Waals surface area contributed by atoms with Crippen LogP contribution in [0.15, 0.2) is 71.6 Å². The van der Waals surface area contributed by atoms with Crippen LogP contribution in [0, 0.1) is 6.92 Å². The molecular weight excluding hydrogens is 605 g/mol. The fraction of sp³-hybridized carbons (Fsp3) is 0.333. The molecule has 1 atom stereocenters. The van der Waals surface area contributed by atoms with Crippen LogP contribution in [0.2, 0.25) is 15.1 Å². The van der Waals surface area contributed by atoms with Gasteiger partial charge in [-0.2, -0.15) is 0 Å². The molecule has 11 heteroatoms. The second kappa shape index (κ2) is 13.5. The molecule has 0 radical (unpaired) electrons. The van der Waals surface area contributed by atoms with Crippen LogP contribution in [0.5, 0.6) is 0 Å². The summed E-state index contributed by atoms with van der Waals surface area (Å²) in [6, 6.07) is 16.9. The highest BCUT2D eigenvalue weighted by Gasteiger charge is 2.33. The first-order chi connectivity index (χ1) is 19.5. The average molecular weight is 637 g/mol. The predicted octanol–water partition coefficient (Wildman–Crippen LogP) is 6.63. The van der Waals surface area contributed by atoms with E-state index in [0.717, 1.165) is 41.1 Å². The number of halogens is 3. The Morgan fingerprint density at radius 3 is 2.17 bits per heavy atom. The fourth-order valence-corrected chi connectivity index (χ4v) is 6.59. The summed E-state index contributed by atoms with van der Waals surface area (Å²) >= 11 is 18.4. The quantitative estimate of drug-likeness (QED) is 0.271. The van der Waals surface area contributed by atoms with Gasteiger partial charge in [-0.25, -0.2) is 8.42 Å². The zero-order valence-corrected chi connectivity index (χ0v) is 25.9. The summed E-state index contributed by atoms with van der Waals surface area (Å²) in [5.41, 5.74) is 1.80. The second-order valence-corrected chi connectivity index (χ2v) is 13.4. The van der Waals surface area contributed by atoms with Crippen molar-refractivity contribution in [2.24, 2.45) is 0 Å². The standard InChI is InChI=1S/C30H32Cl3N3O4S/c1-20-7-14-26(15-8-20)41(39,40)36(25-13-16-27(32)28(33)17-25)19-29(37)35(18-22-9-11-23(31)12-10-22)21(2)30(38)34-24-5-3-4-6-24/h7-17,21,24H,3-6,18-19H2,1-2H3,(H,34,38). The summed E-state index contributed by atoms with van der Waals surface area (Å²) in [5, 5.41) is 3.97. The molecule has 0 heterocycles. The molecule has 41 heavy (non-hydrogen) atoms. The molecule has 7 nitrogen and oxygen atoms in total. The molecule has 1 unspecified atom stereocenters. The van der Waals surface area contributed by atoms with Gasteiger partial charge in [0.25, 0.3) is 10.0 Å². The number of benzene rings is 3. The minimum absolute atomic E-state index is 0.0123. The lowest BCUT2D eigenvalue weighted by Crippen LogP contribution is -2.52. The van der Waals surface area contributed by atoms with Crippen LogP contribution >= 0.6 is 34.8 Å². The van der Waals surface area contributed by atoms with Crippen molar-refractivity contribution in [1.82, 2.24) is 10.2 Å². The summed E-state index contributed by atoms with van der Waals surface area (Å²) in [4.78, 5) is 28.7. The Morgan fingerprint density at radius 1 is 0.927 bits per heavy atom. The number of amides is 2. The van der Waals surface area contributed by atoms with Crippen molar-refractivity contribution in [3.05, 3.63) is 92.9 Å². The third kappa shape index (κ3) is 7.74. The van der Waals surface area contributed by atoms with Crippen molar-refractivity contribution in [3.63, 3.8) is 0 Å². The SMILES string of the molecule is Cc1ccc(S(=O)(=O)N(CC(=O)N(Cc2ccc(Cl)cc2)C(C)C(=O)NC2CCCC2)c2ccc(Cl)c(Cl)c2)cc1. The average Bonchev–Trinajstić information content (AvgIpc) is 3.45. The minimum atomic E-state index is -4.21. The zero-order chi connectivity index (χ0) is 29.7. The number of carbonyl (C=O) groups is 2. The van der Waals surface area contributed by atoms with Gasteiger partial charge in [-0.15, -0.1) is 0 Å². The van der Waals surface area contributed by atoms with Gasteiger partial charge in [0.1, 0.15) is 12.6 Å². The highest BCUT2D eigenvalue weighted by atomic mass is 35.5. The zero-order valence-electron chi connectivity index (χ0n) is 22.8. The summed E-state index contributed by atoms with van der Waals surface area (Å²) in [7, 11) is -4.21.